The van der Waals surface area contributed by atoms with Gasteiger partial charge in [0.05, 0.1) is 0 Å². The van der Waals surface area contributed by atoms with Gasteiger partial charge in [-0.2, -0.15) is 0 Å². The maximum atomic E-state index is 12.6. The molecule has 1 heterocycles. The van der Waals surface area contributed by atoms with Crippen LogP contribution in [-0.4, -0.2) is 41.1 Å². The second-order valence-electron chi connectivity index (χ2n) is 6.14. The zero-order chi connectivity index (χ0) is 16.8. The van der Waals surface area contributed by atoms with E-state index in [0.29, 0.717) is 31.8 Å². The molecule has 0 saturated carbocycles. The number of likely N-dealkylation sites (tertiary alicyclic amines) is 1. The number of benzene rings is 1. The van der Waals surface area contributed by atoms with Crippen LogP contribution in [0.2, 0.25) is 0 Å². The first-order chi connectivity index (χ1) is 11.0. The van der Waals surface area contributed by atoms with Gasteiger partial charge in [0.1, 0.15) is 6.04 Å². The molecule has 126 valence electrons. The molecule has 0 spiro atoms. The molecule has 2 amide bonds. The van der Waals surface area contributed by atoms with E-state index in [-0.39, 0.29) is 5.91 Å². The molecule has 1 aliphatic rings. The lowest BCUT2D eigenvalue weighted by Gasteiger charge is -2.33. The van der Waals surface area contributed by atoms with E-state index in [1.807, 2.05) is 24.3 Å². The van der Waals surface area contributed by atoms with Crippen LogP contribution < -0.4 is 5.32 Å². The largest absolute Gasteiger partial charge is 0.465 e. The monoisotopic (exact) mass is 382 g/mol. The molecule has 1 saturated heterocycles. The van der Waals surface area contributed by atoms with Crippen molar-refractivity contribution in [3.8, 4) is 0 Å². The number of rotatable bonds is 5. The summed E-state index contributed by atoms with van der Waals surface area (Å²) in [6.07, 6.45) is 1.91. The number of aryl methyl sites for hydroxylation is 1. The van der Waals surface area contributed by atoms with E-state index in [9.17, 15) is 9.59 Å². The Morgan fingerprint density at radius 3 is 2.61 bits per heavy atom. The summed E-state index contributed by atoms with van der Waals surface area (Å²) in [5, 5.41) is 11.4. The summed E-state index contributed by atoms with van der Waals surface area (Å²) < 4.78 is 0.980. The Kier molecular flexibility index (Phi) is 6.45. The smallest absolute Gasteiger partial charge is 0.405 e. The molecular weight excluding hydrogens is 360 g/mol. The molecule has 5 nitrogen and oxygen atoms in total. The number of hydrogen-bond donors (Lipinski definition) is 2. The first-order valence-electron chi connectivity index (χ1n) is 7.99. The van der Waals surface area contributed by atoms with Gasteiger partial charge in [-0.05, 0) is 43.2 Å². The van der Waals surface area contributed by atoms with Gasteiger partial charge < -0.3 is 15.3 Å². The topological polar surface area (TPSA) is 69.6 Å². The number of carboxylic acid groups (broad SMARTS) is 1. The van der Waals surface area contributed by atoms with E-state index in [4.69, 9.17) is 5.11 Å². The van der Waals surface area contributed by atoms with Crippen LogP contribution >= 0.6 is 15.9 Å². The molecule has 0 aliphatic carbocycles. The summed E-state index contributed by atoms with van der Waals surface area (Å²) in [4.78, 5) is 25.5. The maximum absolute atomic E-state index is 12.6. The average Bonchev–Trinajstić information content (AvgIpc) is 2.52. The van der Waals surface area contributed by atoms with Crippen molar-refractivity contribution >= 4 is 27.9 Å². The molecule has 1 aromatic rings. The van der Waals surface area contributed by atoms with Crippen LogP contribution in [0.5, 0.6) is 0 Å². The van der Waals surface area contributed by atoms with Crippen molar-refractivity contribution in [3.05, 3.63) is 34.3 Å². The Balaban J connectivity index is 2.00. The minimum atomic E-state index is -1.15. The number of piperidine rings is 1. The van der Waals surface area contributed by atoms with Gasteiger partial charge in [0.25, 0.3) is 0 Å². The summed E-state index contributed by atoms with van der Waals surface area (Å²) in [5.74, 6) is 0.525. The van der Waals surface area contributed by atoms with Crippen LogP contribution in [0.15, 0.2) is 28.7 Å². The minimum Gasteiger partial charge on any atom is -0.465 e. The molecule has 1 fully saturated rings. The standard InChI is InChI=1S/C17H23BrN2O3/c1-12-8-10-20(11-9-12)16(21)15(19-17(22)23)7-6-13-4-2-3-5-14(13)18/h2-5,12,15,19H,6-11H2,1H3,(H,22,23). The predicted molar refractivity (Wildman–Crippen MR) is 92.4 cm³/mol. The van der Waals surface area contributed by atoms with Crippen LogP contribution in [0.3, 0.4) is 0 Å². The summed E-state index contributed by atoms with van der Waals surface area (Å²) in [5.41, 5.74) is 1.07. The molecule has 1 unspecified atom stereocenters. The lowest BCUT2D eigenvalue weighted by atomic mass is 9.97. The molecule has 0 aromatic heterocycles. The van der Waals surface area contributed by atoms with E-state index in [0.717, 1.165) is 22.9 Å². The highest BCUT2D eigenvalue weighted by molar-refractivity contribution is 9.10. The summed E-state index contributed by atoms with van der Waals surface area (Å²) in [6, 6.07) is 7.11. The van der Waals surface area contributed by atoms with Crippen molar-refractivity contribution in [2.45, 2.75) is 38.6 Å². The fourth-order valence-corrected chi connectivity index (χ4v) is 3.34. The Bertz CT molecular complexity index is 557. The fourth-order valence-electron chi connectivity index (χ4n) is 2.86. The van der Waals surface area contributed by atoms with E-state index >= 15 is 0 Å². The summed E-state index contributed by atoms with van der Waals surface area (Å²) in [7, 11) is 0. The Hall–Kier alpha value is -1.56. The van der Waals surface area contributed by atoms with Crippen molar-refractivity contribution in [1.82, 2.24) is 10.2 Å². The van der Waals surface area contributed by atoms with Crippen LogP contribution in [0.25, 0.3) is 0 Å². The normalized spacial score (nSPS) is 16.9. The minimum absolute atomic E-state index is 0.105. The second kappa shape index (κ2) is 8.34. The first kappa shape index (κ1) is 17.8. The van der Waals surface area contributed by atoms with E-state index < -0.39 is 12.1 Å². The zero-order valence-electron chi connectivity index (χ0n) is 13.3. The summed E-state index contributed by atoms with van der Waals surface area (Å²) >= 11 is 3.49. The highest BCUT2D eigenvalue weighted by atomic mass is 79.9. The number of carbonyl (C=O) groups is 2. The molecule has 0 radical (unpaired) electrons. The zero-order valence-corrected chi connectivity index (χ0v) is 14.9. The fraction of sp³-hybridized carbons (Fsp3) is 0.529. The van der Waals surface area contributed by atoms with Gasteiger partial charge in [0.2, 0.25) is 5.91 Å². The first-order valence-corrected chi connectivity index (χ1v) is 8.78. The molecule has 2 rings (SSSR count). The van der Waals surface area contributed by atoms with Crippen molar-refractivity contribution in [2.75, 3.05) is 13.1 Å². The molecule has 0 bridgehead atoms. The van der Waals surface area contributed by atoms with Crippen molar-refractivity contribution in [1.29, 1.82) is 0 Å². The number of nitrogens with one attached hydrogen (secondary N) is 1. The van der Waals surface area contributed by atoms with E-state index in [1.54, 1.807) is 4.90 Å². The number of nitrogens with zero attached hydrogens (tertiary/aromatic N) is 1. The number of hydrogen-bond acceptors (Lipinski definition) is 2. The Morgan fingerprint density at radius 2 is 2.00 bits per heavy atom. The molecule has 1 aromatic carbocycles. The highest BCUT2D eigenvalue weighted by Gasteiger charge is 2.28. The summed E-state index contributed by atoms with van der Waals surface area (Å²) in [6.45, 7) is 3.61. The van der Waals surface area contributed by atoms with Crippen LogP contribution in [0.4, 0.5) is 4.79 Å². The molecular formula is C17H23BrN2O3. The van der Waals surface area contributed by atoms with Crippen molar-refractivity contribution in [2.24, 2.45) is 5.92 Å². The third kappa shape index (κ3) is 5.23. The van der Waals surface area contributed by atoms with Gasteiger partial charge in [-0.25, -0.2) is 4.79 Å². The molecule has 2 N–H and O–H groups in total. The van der Waals surface area contributed by atoms with Gasteiger partial charge in [-0.15, -0.1) is 0 Å². The van der Waals surface area contributed by atoms with Crippen molar-refractivity contribution in [3.63, 3.8) is 0 Å². The number of halogens is 1. The maximum Gasteiger partial charge on any atom is 0.405 e. The van der Waals surface area contributed by atoms with Crippen molar-refractivity contribution < 1.29 is 14.7 Å². The second-order valence-corrected chi connectivity index (χ2v) is 6.99. The van der Waals surface area contributed by atoms with Gasteiger partial charge >= 0.3 is 6.09 Å². The molecule has 23 heavy (non-hydrogen) atoms. The Morgan fingerprint density at radius 1 is 1.35 bits per heavy atom. The lowest BCUT2D eigenvalue weighted by molar-refractivity contribution is -0.134. The quantitative estimate of drug-likeness (QED) is 0.820. The van der Waals surface area contributed by atoms with Crippen LogP contribution in [0.1, 0.15) is 31.7 Å². The third-order valence-electron chi connectivity index (χ3n) is 4.35. The molecule has 1 atom stereocenters. The predicted octanol–water partition coefficient (Wildman–Crippen LogP) is 3.28. The Labute approximate surface area is 145 Å². The van der Waals surface area contributed by atoms with Gasteiger partial charge in [-0.3, -0.25) is 4.79 Å². The van der Waals surface area contributed by atoms with Gasteiger partial charge in [0, 0.05) is 17.6 Å². The van der Waals surface area contributed by atoms with Crippen LogP contribution in [0, 0.1) is 5.92 Å². The van der Waals surface area contributed by atoms with Gasteiger partial charge in [0.15, 0.2) is 0 Å². The van der Waals surface area contributed by atoms with Gasteiger partial charge in [-0.1, -0.05) is 41.1 Å². The number of amides is 2. The molecule has 6 heteroatoms. The average molecular weight is 383 g/mol. The lowest BCUT2D eigenvalue weighted by Crippen LogP contribution is -2.50. The molecule has 1 aliphatic heterocycles. The third-order valence-corrected chi connectivity index (χ3v) is 5.12. The van der Waals surface area contributed by atoms with E-state index in [1.165, 1.54) is 0 Å². The number of carbonyl (C=O) groups excluding carboxylic acids is 1. The SMILES string of the molecule is CC1CCN(C(=O)C(CCc2ccccc2Br)NC(=O)O)CC1. The highest BCUT2D eigenvalue weighted by Crippen LogP contribution is 2.20. The van der Waals surface area contributed by atoms with E-state index in [2.05, 4.69) is 28.2 Å². The van der Waals surface area contributed by atoms with Crippen LogP contribution in [-0.2, 0) is 11.2 Å².